The van der Waals surface area contributed by atoms with Gasteiger partial charge >= 0.3 is 12.5 Å². The average molecular weight is 591 g/mol. The lowest BCUT2D eigenvalue weighted by Gasteiger charge is -2.34. The maximum atomic E-state index is 12.9. The lowest BCUT2D eigenvalue weighted by atomic mass is 9.89. The number of sulfonamides is 1. The van der Waals surface area contributed by atoms with Crippen molar-refractivity contribution in [2.45, 2.75) is 37.8 Å². The Hall–Kier alpha value is -3.59. The molecule has 0 aromatic heterocycles. The smallest absolute Gasteiger partial charge is 0.406 e. The van der Waals surface area contributed by atoms with Crippen LogP contribution in [0.4, 0.5) is 32.0 Å². The topological polar surface area (TPSA) is 100 Å². The van der Waals surface area contributed by atoms with E-state index in [4.69, 9.17) is 0 Å². The van der Waals surface area contributed by atoms with Crippen molar-refractivity contribution >= 4 is 33.5 Å². The highest BCUT2D eigenvalue weighted by Gasteiger charge is 2.47. The van der Waals surface area contributed by atoms with Crippen molar-refractivity contribution in [2.75, 3.05) is 25.0 Å². The molecule has 2 aliphatic heterocycles. The van der Waals surface area contributed by atoms with Gasteiger partial charge < -0.3 is 15.4 Å². The number of amides is 1. The Bertz CT molecular complexity index is 1450. The van der Waals surface area contributed by atoms with Gasteiger partial charge in [-0.2, -0.15) is 17.5 Å². The molecule has 2 heterocycles. The van der Waals surface area contributed by atoms with Crippen molar-refractivity contribution in [3.63, 3.8) is 0 Å². The molecule has 15 heteroatoms. The lowest BCUT2D eigenvalue weighted by Crippen LogP contribution is -2.50. The second-order valence-electron chi connectivity index (χ2n) is 9.31. The fourth-order valence-electron chi connectivity index (χ4n) is 4.36. The molecule has 0 aliphatic carbocycles. The highest BCUT2D eigenvalue weighted by Crippen LogP contribution is 2.33. The molecule has 2 aromatic carbocycles. The van der Waals surface area contributed by atoms with Crippen LogP contribution in [0.5, 0.6) is 5.75 Å². The SMILES string of the molecule is Cc1cc(NCC(F)(F)F)ccc1/C=C/S(=O)(=O)N1CCC2(CC1)N=C(c1cccc(OC(F)(F)F)c1)NC2=O. The number of rotatable bonds is 7. The minimum absolute atomic E-state index is 0.0343. The summed E-state index contributed by atoms with van der Waals surface area (Å²) in [7, 11) is -3.91. The van der Waals surface area contributed by atoms with E-state index in [0.29, 0.717) is 11.1 Å². The van der Waals surface area contributed by atoms with Gasteiger partial charge in [0.2, 0.25) is 10.0 Å². The van der Waals surface area contributed by atoms with Crippen LogP contribution in [0, 0.1) is 6.92 Å². The molecule has 0 bridgehead atoms. The molecular weight excluding hydrogens is 566 g/mol. The number of halogens is 6. The number of nitrogens with zero attached hydrogens (tertiary/aromatic N) is 2. The van der Waals surface area contributed by atoms with Gasteiger partial charge in [0.05, 0.1) is 0 Å². The summed E-state index contributed by atoms with van der Waals surface area (Å²) < 4.78 is 106. The zero-order chi connectivity index (χ0) is 29.3. The number of aliphatic imine (C=N–C) groups is 1. The van der Waals surface area contributed by atoms with Crippen molar-refractivity contribution in [3.8, 4) is 5.75 Å². The van der Waals surface area contributed by atoms with Gasteiger partial charge in [-0.15, -0.1) is 13.2 Å². The van der Waals surface area contributed by atoms with Gasteiger partial charge in [-0.1, -0.05) is 18.2 Å². The lowest BCUT2D eigenvalue weighted by molar-refractivity contribution is -0.274. The van der Waals surface area contributed by atoms with E-state index in [9.17, 15) is 39.6 Å². The van der Waals surface area contributed by atoms with E-state index in [-0.39, 0.29) is 43.0 Å². The number of amidine groups is 1. The summed E-state index contributed by atoms with van der Waals surface area (Å²) in [6.45, 7) is 0.366. The first kappa shape index (κ1) is 29.4. The van der Waals surface area contributed by atoms with Crippen LogP contribution in [0.15, 0.2) is 52.9 Å². The van der Waals surface area contributed by atoms with Gasteiger partial charge in [0.1, 0.15) is 23.7 Å². The molecule has 4 rings (SSSR count). The zero-order valence-corrected chi connectivity index (χ0v) is 21.8. The van der Waals surface area contributed by atoms with Gasteiger partial charge in [0.25, 0.3) is 5.91 Å². The highest BCUT2D eigenvalue weighted by atomic mass is 32.2. The fourth-order valence-corrected chi connectivity index (χ4v) is 5.55. The molecule has 2 N–H and O–H groups in total. The van der Waals surface area contributed by atoms with Gasteiger partial charge in [-0.25, -0.2) is 8.42 Å². The number of carbonyl (C=O) groups excluding carboxylic acids is 1. The maximum absolute atomic E-state index is 12.9. The zero-order valence-electron chi connectivity index (χ0n) is 20.9. The number of nitrogens with one attached hydrogen (secondary N) is 2. The Kier molecular flexibility index (Phi) is 7.91. The third kappa shape index (κ3) is 7.13. The fraction of sp³-hybridized carbons (Fsp3) is 0.360. The first-order chi connectivity index (χ1) is 18.6. The van der Waals surface area contributed by atoms with Gasteiger partial charge in [0, 0.05) is 29.7 Å². The summed E-state index contributed by atoms with van der Waals surface area (Å²) in [6, 6.07) is 9.38. The van der Waals surface area contributed by atoms with Crippen molar-refractivity contribution in [2.24, 2.45) is 4.99 Å². The number of aryl methyl sites for hydroxylation is 1. The number of anilines is 1. The van der Waals surface area contributed by atoms with Crippen molar-refractivity contribution in [1.82, 2.24) is 9.62 Å². The second kappa shape index (κ2) is 10.8. The summed E-state index contributed by atoms with van der Waals surface area (Å²) in [5.74, 6) is -0.886. The minimum Gasteiger partial charge on any atom is -0.406 e. The van der Waals surface area contributed by atoms with Gasteiger partial charge in [0.15, 0.2) is 0 Å². The molecule has 0 radical (unpaired) electrons. The van der Waals surface area contributed by atoms with E-state index >= 15 is 0 Å². The summed E-state index contributed by atoms with van der Waals surface area (Å²) >= 11 is 0. The monoisotopic (exact) mass is 590 g/mol. The van der Waals surface area contributed by atoms with Crippen molar-refractivity contribution < 1.29 is 44.3 Å². The van der Waals surface area contributed by atoms with Crippen LogP contribution in [0.2, 0.25) is 0 Å². The molecule has 1 fully saturated rings. The van der Waals surface area contributed by atoms with E-state index in [0.717, 1.165) is 17.5 Å². The van der Waals surface area contributed by atoms with Crippen molar-refractivity contribution in [3.05, 3.63) is 64.6 Å². The quantitative estimate of drug-likeness (QED) is 0.460. The van der Waals surface area contributed by atoms with Crippen LogP contribution in [0.1, 0.15) is 29.5 Å². The van der Waals surface area contributed by atoms with E-state index in [2.05, 4.69) is 20.4 Å². The molecule has 2 aromatic rings. The third-order valence-corrected chi connectivity index (χ3v) is 7.98. The highest BCUT2D eigenvalue weighted by molar-refractivity contribution is 7.92. The Balaban J connectivity index is 1.42. The van der Waals surface area contributed by atoms with E-state index in [1.54, 1.807) is 6.92 Å². The number of ether oxygens (including phenoxy) is 1. The Morgan fingerprint density at radius 1 is 1.10 bits per heavy atom. The molecule has 0 unspecified atom stereocenters. The number of hydrogen-bond acceptors (Lipinski definition) is 6. The molecule has 1 amide bonds. The summed E-state index contributed by atoms with van der Waals surface area (Å²) in [6.07, 6.45) is -7.82. The number of alkyl halides is 6. The van der Waals surface area contributed by atoms with E-state index < -0.39 is 46.3 Å². The second-order valence-corrected chi connectivity index (χ2v) is 11.1. The molecule has 2 aliphatic rings. The van der Waals surface area contributed by atoms with E-state index in [1.807, 2.05) is 0 Å². The molecular formula is C25H24F6N4O4S. The summed E-state index contributed by atoms with van der Waals surface area (Å²) in [5.41, 5.74) is 0.244. The first-order valence-electron chi connectivity index (χ1n) is 11.9. The minimum atomic E-state index is -4.89. The maximum Gasteiger partial charge on any atom is 0.573 e. The average Bonchev–Trinajstić information content (AvgIpc) is 3.16. The predicted molar refractivity (Wildman–Crippen MR) is 135 cm³/mol. The predicted octanol–water partition coefficient (Wildman–Crippen LogP) is 4.58. The summed E-state index contributed by atoms with van der Waals surface area (Å²) in [5, 5.41) is 5.82. The number of benzene rings is 2. The Morgan fingerprint density at radius 3 is 2.42 bits per heavy atom. The van der Waals surface area contributed by atoms with Crippen LogP contribution >= 0.6 is 0 Å². The number of carbonyl (C=O) groups is 1. The van der Waals surface area contributed by atoms with Crippen LogP contribution in [0.3, 0.4) is 0 Å². The van der Waals surface area contributed by atoms with Crippen LogP contribution in [0.25, 0.3) is 6.08 Å². The van der Waals surface area contributed by atoms with Gasteiger partial charge in [-0.05, 0) is 61.2 Å². The largest absolute Gasteiger partial charge is 0.573 e. The third-order valence-electron chi connectivity index (χ3n) is 6.41. The van der Waals surface area contributed by atoms with Crippen molar-refractivity contribution in [1.29, 1.82) is 0 Å². The van der Waals surface area contributed by atoms with Crippen LogP contribution in [-0.2, 0) is 14.8 Å². The molecule has 216 valence electrons. The van der Waals surface area contributed by atoms with E-state index in [1.165, 1.54) is 40.7 Å². The Morgan fingerprint density at radius 2 is 1.80 bits per heavy atom. The molecule has 0 atom stereocenters. The molecule has 1 spiro atoms. The normalized spacial score (nSPS) is 18.2. The molecule has 0 saturated carbocycles. The molecule has 8 nitrogen and oxygen atoms in total. The van der Waals surface area contributed by atoms with Crippen LogP contribution < -0.4 is 15.4 Å². The Labute approximate surface area is 225 Å². The number of piperidine rings is 1. The van der Waals surface area contributed by atoms with Gasteiger partial charge in [-0.3, -0.25) is 9.79 Å². The number of hydrogen-bond donors (Lipinski definition) is 2. The summed E-state index contributed by atoms with van der Waals surface area (Å²) in [4.78, 5) is 17.2. The standard InChI is InChI=1S/C25H24F6N4O4S/c1-16-13-19(32-15-24(26,27)28)6-5-17(16)7-12-40(37,38)35-10-8-23(9-11-35)22(36)33-21(34-23)18-3-2-4-20(14-18)39-25(29,30)31/h2-7,12-14,32H,8-11,15H2,1H3,(H,33,34,36)/b12-7+. The molecule has 1 saturated heterocycles. The molecule has 40 heavy (non-hydrogen) atoms. The van der Waals surface area contributed by atoms with Crippen LogP contribution in [-0.4, -0.2) is 62.2 Å². The first-order valence-corrected chi connectivity index (χ1v) is 13.4.